The van der Waals surface area contributed by atoms with Crippen molar-refractivity contribution in [2.45, 2.75) is 13.5 Å². The third kappa shape index (κ3) is 6.43. The smallest absolute Gasteiger partial charge is 0.122 e. The summed E-state index contributed by atoms with van der Waals surface area (Å²) in [5, 5.41) is 17.2. The molecule has 0 aliphatic heterocycles. The highest BCUT2D eigenvalue weighted by atomic mass is 15.0. The van der Waals surface area contributed by atoms with E-state index in [0.29, 0.717) is 6.54 Å². The molecule has 11 aromatic rings. The van der Waals surface area contributed by atoms with Crippen molar-refractivity contribution in [1.29, 1.82) is 5.41 Å². The molecule has 0 fully saturated rings. The summed E-state index contributed by atoms with van der Waals surface area (Å²) in [5.41, 5.74) is 21.7. The second-order valence-corrected chi connectivity index (χ2v) is 14.5. The molecule has 0 radical (unpaired) electrons. The first kappa shape index (κ1) is 36.2. The van der Waals surface area contributed by atoms with E-state index in [0.717, 1.165) is 16.8 Å². The van der Waals surface area contributed by atoms with Crippen molar-refractivity contribution in [3.8, 4) is 11.4 Å². The molecule has 58 heavy (non-hydrogen) atoms. The molecule has 0 saturated heterocycles. The lowest BCUT2D eigenvalue weighted by Crippen LogP contribution is -2.10. The number of nitrogens with one attached hydrogen (secondary N) is 1. The summed E-state index contributed by atoms with van der Waals surface area (Å²) in [6.07, 6.45) is 0. The fourth-order valence-electron chi connectivity index (χ4n) is 8.32. The molecule has 280 valence electrons. The molecule has 5 N–H and O–H groups in total. The number of rotatable bonds is 4. The van der Waals surface area contributed by atoms with E-state index in [2.05, 4.69) is 168 Å². The molecule has 0 aliphatic carbocycles. The third-order valence-electron chi connectivity index (χ3n) is 10.9. The van der Waals surface area contributed by atoms with Crippen LogP contribution >= 0.6 is 0 Å². The van der Waals surface area contributed by atoms with Crippen molar-refractivity contribution in [2.24, 2.45) is 11.5 Å². The topological polar surface area (TPSA) is 85.8 Å². The van der Waals surface area contributed by atoms with Gasteiger partial charge in [-0.3, -0.25) is 5.41 Å². The first-order chi connectivity index (χ1) is 28.5. The molecule has 0 aliphatic rings. The summed E-state index contributed by atoms with van der Waals surface area (Å²) in [6, 6.07) is 70.0. The van der Waals surface area contributed by atoms with Crippen molar-refractivity contribution in [3.05, 3.63) is 217 Å². The Kier molecular flexibility index (Phi) is 9.72. The number of nitrogens with zero attached hydrogens (tertiary/aromatic N) is 2. The Labute approximate surface area is 337 Å². The summed E-state index contributed by atoms with van der Waals surface area (Å²) in [6.45, 7) is 2.60. The van der Waals surface area contributed by atoms with E-state index >= 15 is 0 Å². The molecule has 2 aromatic heterocycles. The third-order valence-corrected chi connectivity index (χ3v) is 10.9. The SMILES string of the molecule is Cc1ccccc1.N=C(N)c1ccccc1.NCc1cccc(-n2c3ccccc3c3c4c(ccc32)c2ccccc2c2c4c3ccccc3n2-c2ccccc2)c1. The van der Waals surface area contributed by atoms with E-state index in [1.165, 1.54) is 76.4 Å². The molecule has 2 heterocycles. The number of para-hydroxylation sites is 3. The average Bonchev–Trinajstić information content (AvgIpc) is 3.82. The largest absolute Gasteiger partial charge is 0.384 e. The Morgan fingerprint density at radius 1 is 0.448 bits per heavy atom. The number of benzene rings is 9. The molecule has 0 atom stereocenters. The molecule has 0 amide bonds. The van der Waals surface area contributed by atoms with Gasteiger partial charge in [0.1, 0.15) is 5.84 Å². The zero-order valence-electron chi connectivity index (χ0n) is 32.3. The Hall–Kier alpha value is -7.47. The van der Waals surface area contributed by atoms with Crippen molar-refractivity contribution in [2.75, 3.05) is 0 Å². The zero-order valence-corrected chi connectivity index (χ0v) is 32.3. The predicted octanol–water partition coefficient (Wildman–Crippen LogP) is 12.6. The number of hydrogen-bond acceptors (Lipinski definition) is 2. The van der Waals surface area contributed by atoms with Gasteiger partial charge in [0.15, 0.2) is 0 Å². The molecule has 5 nitrogen and oxygen atoms in total. The zero-order chi connectivity index (χ0) is 39.6. The lowest BCUT2D eigenvalue weighted by molar-refractivity contribution is 1.06. The van der Waals surface area contributed by atoms with E-state index in [1.54, 1.807) is 0 Å². The maximum Gasteiger partial charge on any atom is 0.122 e. The molecule has 0 spiro atoms. The second-order valence-electron chi connectivity index (χ2n) is 14.5. The molecule has 11 rings (SSSR count). The number of nitrogens with two attached hydrogens (primary N) is 2. The Balaban J connectivity index is 0.000000227. The quantitative estimate of drug-likeness (QED) is 0.0950. The van der Waals surface area contributed by atoms with Gasteiger partial charge in [-0.1, -0.05) is 163 Å². The number of fused-ring (bicyclic) bond motifs is 12. The van der Waals surface area contributed by atoms with Crippen LogP contribution < -0.4 is 11.5 Å². The maximum absolute atomic E-state index is 7.01. The second kappa shape index (κ2) is 15.6. The van der Waals surface area contributed by atoms with Crippen LogP contribution in [0, 0.1) is 12.3 Å². The predicted molar refractivity (Wildman–Crippen MR) is 247 cm³/mol. The van der Waals surface area contributed by atoms with Crippen LogP contribution in [-0.4, -0.2) is 15.0 Å². The standard InChI is InChI=1S/C39H27N3.C7H8N2.C7H8/c40-24-25-11-10-14-27(23-25)41-33-19-8-6-17-31(33)36-35(41)22-21-29-28-15-4-5-16-30(28)39-38(37(29)36)32-18-7-9-20-34(32)42(39)26-12-2-1-3-13-26;8-7(9)6-4-2-1-3-5-6;1-7-5-3-2-4-6-7/h1-23H,24,40H2;1-5H,(H3,8,9);2-6H,1H3. The van der Waals surface area contributed by atoms with Gasteiger partial charge in [-0.25, -0.2) is 0 Å². The summed E-state index contributed by atoms with van der Waals surface area (Å²) < 4.78 is 4.86. The minimum Gasteiger partial charge on any atom is -0.384 e. The normalized spacial score (nSPS) is 11.1. The van der Waals surface area contributed by atoms with Gasteiger partial charge in [-0.15, -0.1) is 0 Å². The summed E-state index contributed by atoms with van der Waals surface area (Å²) in [7, 11) is 0. The lowest BCUT2D eigenvalue weighted by Gasteiger charge is -2.13. The van der Waals surface area contributed by atoms with Crippen LogP contribution in [0.5, 0.6) is 0 Å². The van der Waals surface area contributed by atoms with Gasteiger partial charge in [0.25, 0.3) is 0 Å². The van der Waals surface area contributed by atoms with Crippen molar-refractivity contribution in [1.82, 2.24) is 9.13 Å². The van der Waals surface area contributed by atoms with Gasteiger partial charge in [-0.2, -0.15) is 0 Å². The number of hydrogen-bond donors (Lipinski definition) is 3. The molecule has 0 unspecified atom stereocenters. The fraction of sp³-hybridized carbons (Fsp3) is 0.0377. The van der Waals surface area contributed by atoms with Crippen LogP contribution in [0.25, 0.3) is 76.5 Å². The van der Waals surface area contributed by atoms with Crippen molar-refractivity contribution >= 4 is 71.0 Å². The average molecular weight is 750 g/mol. The number of aryl methyl sites for hydroxylation is 1. The Morgan fingerprint density at radius 3 is 1.59 bits per heavy atom. The van der Waals surface area contributed by atoms with Gasteiger partial charge in [0.05, 0.1) is 22.1 Å². The highest BCUT2D eigenvalue weighted by molar-refractivity contribution is 6.39. The van der Waals surface area contributed by atoms with Crippen molar-refractivity contribution in [3.63, 3.8) is 0 Å². The van der Waals surface area contributed by atoms with E-state index in [9.17, 15) is 0 Å². The Morgan fingerprint density at radius 2 is 0.983 bits per heavy atom. The van der Waals surface area contributed by atoms with Gasteiger partial charge < -0.3 is 20.6 Å². The van der Waals surface area contributed by atoms with Crippen LogP contribution in [0.1, 0.15) is 16.7 Å². The molecular formula is C53H43N5. The number of nitrogen functional groups attached to an aromatic ring is 1. The minimum atomic E-state index is 0.121. The minimum absolute atomic E-state index is 0.121. The van der Waals surface area contributed by atoms with Crippen LogP contribution in [0.2, 0.25) is 0 Å². The molecule has 9 aromatic carbocycles. The maximum atomic E-state index is 7.01. The van der Waals surface area contributed by atoms with Crippen molar-refractivity contribution < 1.29 is 0 Å². The van der Waals surface area contributed by atoms with E-state index in [-0.39, 0.29) is 5.84 Å². The van der Waals surface area contributed by atoms with Gasteiger partial charge >= 0.3 is 0 Å². The van der Waals surface area contributed by atoms with Gasteiger partial charge in [0, 0.05) is 55.8 Å². The molecule has 0 bridgehead atoms. The van der Waals surface area contributed by atoms with Crippen LogP contribution in [-0.2, 0) is 6.54 Å². The van der Waals surface area contributed by atoms with E-state index in [4.69, 9.17) is 16.9 Å². The van der Waals surface area contributed by atoms with Crippen LogP contribution in [0.3, 0.4) is 0 Å². The van der Waals surface area contributed by atoms with E-state index < -0.39 is 0 Å². The molecule has 5 heteroatoms. The lowest BCUT2D eigenvalue weighted by atomic mass is 9.93. The van der Waals surface area contributed by atoms with E-state index in [1.807, 2.05) is 48.5 Å². The van der Waals surface area contributed by atoms with Crippen LogP contribution in [0.15, 0.2) is 200 Å². The Bertz CT molecular complexity index is 3230. The number of aromatic nitrogens is 2. The summed E-state index contributed by atoms with van der Waals surface area (Å²) in [4.78, 5) is 0. The van der Waals surface area contributed by atoms with Crippen LogP contribution in [0.4, 0.5) is 0 Å². The highest BCUT2D eigenvalue weighted by Crippen LogP contribution is 2.47. The van der Waals surface area contributed by atoms with Gasteiger partial charge in [-0.05, 0) is 65.7 Å². The summed E-state index contributed by atoms with van der Waals surface area (Å²) >= 11 is 0. The molecule has 0 saturated carbocycles. The fourth-order valence-corrected chi connectivity index (χ4v) is 8.32. The summed E-state index contributed by atoms with van der Waals surface area (Å²) in [5.74, 6) is 0.121. The molecular weight excluding hydrogens is 707 g/mol. The highest BCUT2D eigenvalue weighted by Gasteiger charge is 2.23. The first-order valence-corrected chi connectivity index (χ1v) is 19.6. The first-order valence-electron chi connectivity index (χ1n) is 19.6. The number of amidine groups is 1. The monoisotopic (exact) mass is 749 g/mol. The van der Waals surface area contributed by atoms with Gasteiger partial charge in [0.2, 0.25) is 0 Å².